The van der Waals surface area contributed by atoms with Gasteiger partial charge in [-0.05, 0) is 49.5 Å². The molecule has 0 atom stereocenters. The first kappa shape index (κ1) is 28.1. The van der Waals surface area contributed by atoms with Crippen LogP contribution in [-0.2, 0) is 30.5 Å². The lowest BCUT2D eigenvalue weighted by Gasteiger charge is -2.34. The van der Waals surface area contributed by atoms with Crippen LogP contribution in [0, 0.1) is 5.92 Å². The number of piperidine rings is 1. The highest BCUT2D eigenvalue weighted by Gasteiger charge is 2.48. The molecule has 208 valence electrons. The predicted molar refractivity (Wildman–Crippen MR) is 136 cm³/mol. The van der Waals surface area contributed by atoms with Gasteiger partial charge in [0, 0.05) is 30.1 Å². The van der Waals surface area contributed by atoms with Gasteiger partial charge in [0.15, 0.2) is 0 Å². The fraction of sp³-hybridized carbons (Fsp3) is 0.560. The fourth-order valence-electron chi connectivity index (χ4n) is 5.11. The predicted octanol–water partition coefficient (Wildman–Crippen LogP) is 3.53. The molecule has 13 heteroatoms. The summed E-state index contributed by atoms with van der Waals surface area (Å²) < 4.78 is 72.6. The van der Waals surface area contributed by atoms with E-state index in [-0.39, 0.29) is 55.6 Å². The number of nitrogens with one attached hydrogen (secondary N) is 2. The molecule has 2 heterocycles. The Kier molecular flexibility index (Phi) is 8.17. The number of carbonyl (C=O) groups excluding carboxylic acids is 2. The molecule has 9 nitrogen and oxygen atoms in total. The molecule has 2 N–H and O–H groups in total. The molecule has 0 bridgehead atoms. The molecule has 1 saturated carbocycles. The topological polar surface area (TPSA) is 117 Å². The second-order valence-corrected chi connectivity index (χ2v) is 11.6. The number of hydrogen-bond acceptors (Lipinski definition) is 7. The maximum absolute atomic E-state index is 13.7. The molecule has 1 aliphatic carbocycles. The molecule has 1 saturated heterocycles. The Balaban J connectivity index is 1.45. The zero-order valence-electron chi connectivity index (χ0n) is 21.0. The summed E-state index contributed by atoms with van der Waals surface area (Å²) in [6, 6.07) is 3.25. The van der Waals surface area contributed by atoms with Crippen molar-refractivity contribution in [1.29, 1.82) is 0 Å². The number of benzene rings is 1. The monoisotopic (exact) mass is 556 g/mol. The minimum absolute atomic E-state index is 0.0318. The smallest absolute Gasteiger partial charge is 0.417 e. The summed E-state index contributed by atoms with van der Waals surface area (Å²) in [5, 5.41) is 6.21. The van der Waals surface area contributed by atoms with Crippen LogP contribution in [0.25, 0.3) is 6.08 Å². The van der Waals surface area contributed by atoms with Crippen LogP contribution in [0.2, 0.25) is 0 Å². The van der Waals surface area contributed by atoms with Crippen molar-refractivity contribution in [2.45, 2.75) is 56.7 Å². The molecular weight excluding hydrogens is 525 g/mol. The number of amides is 1. The number of amidine groups is 1. The van der Waals surface area contributed by atoms with E-state index in [1.165, 1.54) is 12.5 Å². The quantitative estimate of drug-likeness (QED) is 0.497. The standard InChI is InChI=1S/C25H31F3N4O5S/c1-37-21(33)16-29-19-8-7-17(20(15-19)25(26,27)28)9-14-38(35,36)32-12-10-24(11-13-32)23(34)30-22(31-24)18-5-3-2-4-6-18/h7-9,14-15,18,29H,2-6,10-13,16H2,1H3,(H,30,31,34). The Labute approximate surface area is 219 Å². The van der Waals surface area contributed by atoms with Gasteiger partial charge in [-0.1, -0.05) is 25.3 Å². The van der Waals surface area contributed by atoms with E-state index in [0.717, 1.165) is 60.7 Å². The molecule has 1 aromatic rings. The van der Waals surface area contributed by atoms with E-state index in [4.69, 9.17) is 4.99 Å². The van der Waals surface area contributed by atoms with Gasteiger partial charge in [0.05, 0.1) is 12.7 Å². The number of halogens is 3. The van der Waals surface area contributed by atoms with Crippen LogP contribution in [0.1, 0.15) is 56.1 Å². The van der Waals surface area contributed by atoms with E-state index >= 15 is 0 Å². The van der Waals surface area contributed by atoms with E-state index in [1.807, 2.05) is 0 Å². The van der Waals surface area contributed by atoms with E-state index in [2.05, 4.69) is 15.4 Å². The van der Waals surface area contributed by atoms with Crippen molar-refractivity contribution < 1.29 is 35.9 Å². The molecule has 2 fully saturated rings. The second-order valence-electron chi connectivity index (χ2n) is 9.79. The van der Waals surface area contributed by atoms with Crippen LogP contribution in [-0.4, -0.2) is 62.7 Å². The number of carbonyl (C=O) groups is 2. The highest BCUT2D eigenvalue weighted by Crippen LogP contribution is 2.36. The number of rotatable bonds is 7. The van der Waals surface area contributed by atoms with Gasteiger partial charge in [-0.2, -0.15) is 17.5 Å². The maximum atomic E-state index is 13.7. The third-order valence-electron chi connectivity index (χ3n) is 7.34. The Morgan fingerprint density at radius 2 is 1.92 bits per heavy atom. The van der Waals surface area contributed by atoms with Crippen molar-refractivity contribution in [2.75, 3.05) is 32.1 Å². The molecule has 1 spiro atoms. The average molecular weight is 557 g/mol. The highest BCUT2D eigenvalue weighted by atomic mass is 32.2. The lowest BCUT2D eigenvalue weighted by atomic mass is 9.88. The number of sulfonamides is 1. The largest absolute Gasteiger partial charge is 0.468 e. The van der Waals surface area contributed by atoms with E-state index in [1.54, 1.807) is 0 Å². The average Bonchev–Trinajstić information content (AvgIpc) is 3.21. The minimum Gasteiger partial charge on any atom is -0.468 e. The van der Waals surface area contributed by atoms with Gasteiger partial charge in [-0.3, -0.25) is 14.6 Å². The molecule has 1 amide bonds. The molecule has 2 aliphatic heterocycles. The molecule has 3 aliphatic rings. The summed E-state index contributed by atoms with van der Waals surface area (Å²) >= 11 is 0. The Bertz CT molecular complexity index is 1230. The van der Waals surface area contributed by atoms with Gasteiger partial charge in [0.2, 0.25) is 10.0 Å². The zero-order valence-corrected chi connectivity index (χ0v) is 21.8. The molecule has 0 aromatic heterocycles. The van der Waals surface area contributed by atoms with E-state index in [0.29, 0.717) is 5.84 Å². The number of aliphatic imine (C=N–C) groups is 1. The maximum Gasteiger partial charge on any atom is 0.417 e. The van der Waals surface area contributed by atoms with Crippen molar-refractivity contribution in [2.24, 2.45) is 10.9 Å². The Morgan fingerprint density at radius 3 is 2.55 bits per heavy atom. The zero-order chi connectivity index (χ0) is 27.6. The number of esters is 1. The molecule has 1 aromatic carbocycles. The van der Waals surface area contributed by atoms with E-state index < -0.39 is 33.3 Å². The lowest BCUT2D eigenvalue weighted by molar-refractivity contribution is -0.138. The number of nitrogens with zero attached hydrogens (tertiary/aromatic N) is 2. The third kappa shape index (κ3) is 6.20. The summed E-state index contributed by atoms with van der Waals surface area (Å²) in [5.74, 6) is 0.0704. The summed E-state index contributed by atoms with van der Waals surface area (Å²) in [5.41, 5.74) is -2.34. The molecular formula is C25H31F3N4O5S. The molecule has 0 unspecified atom stereocenters. The first-order valence-corrected chi connectivity index (χ1v) is 14.1. The molecule has 4 rings (SSSR count). The summed E-state index contributed by atoms with van der Waals surface area (Å²) in [7, 11) is -2.89. The van der Waals surface area contributed by atoms with Crippen LogP contribution in [0.3, 0.4) is 0 Å². The molecule has 0 radical (unpaired) electrons. The Morgan fingerprint density at radius 1 is 1.24 bits per heavy atom. The number of hydrogen-bond donors (Lipinski definition) is 2. The number of anilines is 1. The first-order valence-electron chi connectivity index (χ1n) is 12.5. The van der Waals surface area contributed by atoms with Crippen molar-refractivity contribution in [3.8, 4) is 0 Å². The summed E-state index contributed by atoms with van der Waals surface area (Å²) in [6.07, 6.45) is 1.87. The molecule has 38 heavy (non-hydrogen) atoms. The van der Waals surface area contributed by atoms with Gasteiger partial charge in [0.1, 0.15) is 17.9 Å². The highest BCUT2D eigenvalue weighted by molar-refractivity contribution is 7.92. The summed E-state index contributed by atoms with van der Waals surface area (Å²) in [4.78, 5) is 28.8. The summed E-state index contributed by atoms with van der Waals surface area (Å²) in [6.45, 7) is -0.258. The van der Waals surface area contributed by atoms with Crippen LogP contribution in [0.4, 0.5) is 18.9 Å². The van der Waals surface area contributed by atoms with Crippen molar-refractivity contribution >= 4 is 39.5 Å². The minimum atomic E-state index is -4.76. The van der Waals surface area contributed by atoms with Gasteiger partial charge >= 0.3 is 12.1 Å². The fourth-order valence-corrected chi connectivity index (χ4v) is 6.29. The Hall–Kier alpha value is -2.93. The van der Waals surface area contributed by atoms with Gasteiger partial charge in [-0.25, -0.2) is 8.42 Å². The van der Waals surface area contributed by atoms with Gasteiger partial charge in [0.25, 0.3) is 5.91 Å². The van der Waals surface area contributed by atoms with E-state index in [9.17, 15) is 31.2 Å². The van der Waals surface area contributed by atoms with Crippen molar-refractivity contribution in [3.05, 3.63) is 34.7 Å². The number of ether oxygens (including phenoxy) is 1. The van der Waals surface area contributed by atoms with Crippen LogP contribution in [0.15, 0.2) is 28.6 Å². The first-order chi connectivity index (χ1) is 17.9. The van der Waals surface area contributed by atoms with Crippen LogP contribution >= 0.6 is 0 Å². The lowest BCUT2D eigenvalue weighted by Crippen LogP contribution is -2.50. The van der Waals surface area contributed by atoms with Crippen LogP contribution in [0.5, 0.6) is 0 Å². The second kappa shape index (κ2) is 11.0. The van der Waals surface area contributed by atoms with Gasteiger partial charge < -0.3 is 15.4 Å². The SMILES string of the molecule is COC(=O)CNc1ccc(C=CS(=O)(=O)N2CCC3(CC2)N=C(C2CCCCC2)NC3=O)c(C(F)(F)F)c1. The number of methoxy groups -OCH3 is 1. The normalized spacial score (nSPS) is 20.9. The van der Waals surface area contributed by atoms with Gasteiger partial charge in [-0.15, -0.1) is 0 Å². The number of alkyl halides is 3. The van der Waals surface area contributed by atoms with Crippen LogP contribution < -0.4 is 10.6 Å². The third-order valence-corrected chi connectivity index (χ3v) is 8.91. The van der Waals surface area contributed by atoms with Crippen molar-refractivity contribution in [1.82, 2.24) is 9.62 Å². The van der Waals surface area contributed by atoms with Crippen molar-refractivity contribution in [3.63, 3.8) is 0 Å².